The van der Waals surface area contributed by atoms with E-state index in [0.717, 1.165) is 4.47 Å². The quantitative estimate of drug-likeness (QED) is 0.787. The molecule has 1 aliphatic carbocycles. The fourth-order valence-electron chi connectivity index (χ4n) is 1.93. The summed E-state index contributed by atoms with van der Waals surface area (Å²) in [6.07, 6.45) is 1.46. The van der Waals surface area contributed by atoms with Gasteiger partial charge in [0.2, 0.25) is 5.95 Å². The van der Waals surface area contributed by atoms with Gasteiger partial charge in [-0.1, -0.05) is 13.8 Å². The van der Waals surface area contributed by atoms with Crippen molar-refractivity contribution in [1.29, 1.82) is 0 Å². The van der Waals surface area contributed by atoms with Crippen molar-refractivity contribution in [2.45, 2.75) is 25.8 Å². The van der Waals surface area contributed by atoms with Gasteiger partial charge in [0.25, 0.3) is 0 Å². The largest absolute Gasteiger partial charge is 0.327 e. The van der Waals surface area contributed by atoms with Crippen LogP contribution in [-0.4, -0.2) is 11.0 Å². The van der Waals surface area contributed by atoms with Gasteiger partial charge in [-0.2, -0.15) is 4.39 Å². The molecule has 2 atom stereocenters. The molecule has 14 heavy (non-hydrogen) atoms. The predicted molar refractivity (Wildman–Crippen MR) is 56.4 cm³/mol. The van der Waals surface area contributed by atoms with E-state index >= 15 is 0 Å². The van der Waals surface area contributed by atoms with E-state index in [-0.39, 0.29) is 17.4 Å². The van der Waals surface area contributed by atoms with Crippen LogP contribution in [0.2, 0.25) is 0 Å². The number of nitrogens with two attached hydrogens (primary N) is 1. The molecule has 0 aromatic carbocycles. The van der Waals surface area contributed by atoms with Gasteiger partial charge in [0.05, 0.1) is 0 Å². The van der Waals surface area contributed by atoms with Crippen molar-refractivity contribution in [2.75, 3.05) is 0 Å². The van der Waals surface area contributed by atoms with Gasteiger partial charge < -0.3 is 5.73 Å². The molecule has 0 saturated heterocycles. The predicted octanol–water partition coefficient (Wildman–Crippen LogP) is 2.43. The molecule has 1 fully saturated rings. The van der Waals surface area contributed by atoms with Crippen LogP contribution >= 0.6 is 15.9 Å². The summed E-state index contributed by atoms with van der Waals surface area (Å²) in [6.45, 7) is 4.09. The van der Waals surface area contributed by atoms with Gasteiger partial charge in [0, 0.05) is 28.2 Å². The van der Waals surface area contributed by atoms with E-state index in [2.05, 4.69) is 20.9 Å². The molecule has 0 bridgehead atoms. The smallest absolute Gasteiger partial charge is 0.216 e. The van der Waals surface area contributed by atoms with Crippen LogP contribution in [0, 0.1) is 11.4 Å². The lowest BCUT2D eigenvalue weighted by Crippen LogP contribution is -2.06. The summed E-state index contributed by atoms with van der Waals surface area (Å²) >= 11 is 3.28. The minimum atomic E-state index is -0.403. The van der Waals surface area contributed by atoms with Crippen LogP contribution in [0.15, 0.2) is 16.7 Å². The number of hydrogen-bond donors (Lipinski definition) is 1. The Kier molecular flexibility index (Phi) is 2.16. The zero-order chi connectivity index (χ0) is 10.5. The summed E-state index contributed by atoms with van der Waals surface area (Å²) < 4.78 is 14.2. The number of rotatable bonds is 1. The van der Waals surface area contributed by atoms with E-state index in [1.807, 2.05) is 13.8 Å². The van der Waals surface area contributed by atoms with Crippen molar-refractivity contribution in [1.82, 2.24) is 4.98 Å². The molecule has 0 amide bonds. The van der Waals surface area contributed by atoms with Gasteiger partial charge in [0.15, 0.2) is 0 Å². The zero-order valence-corrected chi connectivity index (χ0v) is 9.68. The van der Waals surface area contributed by atoms with Crippen molar-refractivity contribution in [3.8, 4) is 0 Å². The highest BCUT2D eigenvalue weighted by Crippen LogP contribution is 2.57. The zero-order valence-electron chi connectivity index (χ0n) is 8.09. The molecule has 4 heteroatoms. The first kappa shape index (κ1) is 10.1. The average molecular weight is 259 g/mol. The maximum absolute atomic E-state index is 13.4. The molecule has 2 nitrogen and oxygen atoms in total. The maximum Gasteiger partial charge on any atom is 0.216 e. The third-order valence-corrected chi connectivity index (χ3v) is 3.51. The van der Waals surface area contributed by atoms with Crippen molar-refractivity contribution < 1.29 is 4.39 Å². The third-order valence-electron chi connectivity index (χ3n) is 3.08. The Balaban J connectivity index is 2.39. The second kappa shape index (κ2) is 3.00. The summed E-state index contributed by atoms with van der Waals surface area (Å²) in [5.74, 6) is -0.313. The van der Waals surface area contributed by atoms with E-state index in [1.54, 1.807) is 6.07 Å². The Labute approximate surface area is 90.8 Å². The Hall–Kier alpha value is -0.480. The Morgan fingerprint density at radius 1 is 1.57 bits per heavy atom. The molecule has 1 aromatic heterocycles. The molecule has 0 radical (unpaired) electrons. The molecule has 2 rings (SSSR count). The van der Waals surface area contributed by atoms with E-state index in [9.17, 15) is 4.39 Å². The van der Waals surface area contributed by atoms with Crippen LogP contribution in [0.25, 0.3) is 0 Å². The fourth-order valence-corrected chi connectivity index (χ4v) is 2.28. The summed E-state index contributed by atoms with van der Waals surface area (Å²) in [6, 6.07) is 1.80. The van der Waals surface area contributed by atoms with E-state index < -0.39 is 5.95 Å². The lowest BCUT2D eigenvalue weighted by Gasteiger charge is -2.03. The Morgan fingerprint density at radius 3 is 2.64 bits per heavy atom. The molecule has 1 saturated carbocycles. The molecule has 1 aromatic rings. The number of hydrogen-bond acceptors (Lipinski definition) is 2. The summed E-state index contributed by atoms with van der Waals surface area (Å²) in [5, 5.41) is 0. The van der Waals surface area contributed by atoms with E-state index in [0.29, 0.717) is 5.56 Å². The second-order valence-corrected chi connectivity index (χ2v) is 5.27. The summed E-state index contributed by atoms with van der Waals surface area (Å²) in [5.41, 5.74) is 6.50. The van der Waals surface area contributed by atoms with Gasteiger partial charge >= 0.3 is 0 Å². The Bertz CT molecular complexity index is 378. The number of aromatic nitrogens is 1. The first-order valence-corrected chi connectivity index (χ1v) is 5.30. The molecule has 2 N–H and O–H groups in total. The first-order valence-electron chi connectivity index (χ1n) is 4.51. The highest BCUT2D eigenvalue weighted by molar-refractivity contribution is 9.10. The van der Waals surface area contributed by atoms with Gasteiger partial charge in [-0.05, 0) is 27.4 Å². The molecule has 0 aliphatic heterocycles. The summed E-state index contributed by atoms with van der Waals surface area (Å²) in [7, 11) is 0. The minimum absolute atomic E-state index is 0.0106. The van der Waals surface area contributed by atoms with Crippen LogP contribution in [-0.2, 0) is 0 Å². The van der Waals surface area contributed by atoms with E-state index in [1.165, 1.54) is 6.20 Å². The highest BCUT2D eigenvalue weighted by atomic mass is 79.9. The van der Waals surface area contributed by atoms with Crippen molar-refractivity contribution in [3.05, 3.63) is 28.2 Å². The number of halogens is 2. The van der Waals surface area contributed by atoms with Crippen molar-refractivity contribution in [2.24, 2.45) is 11.1 Å². The molecular weight excluding hydrogens is 247 g/mol. The van der Waals surface area contributed by atoms with Gasteiger partial charge in [-0.25, -0.2) is 4.98 Å². The molecule has 1 aliphatic rings. The number of pyridine rings is 1. The van der Waals surface area contributed by atoms with Gasteiger partial charge in [-0.3, -0.25) is 0 Å². The SMILES string of the molecule is CC1(C)[C@@H](N)[C@@H]1c1cc(Br)cnc1F. The third kappa shape index (κ3) is 1.37. The van der Waals surface area contributed by atoms with Gasteiger partial charge in [-0.15, -0.1) is 0 Å². The molecule has 1 heterocycles. The van der Waals surface area contributed by atoms with Crippen LogP contribution in [0.1, 0.15) is 25.3 Å². The summed E-state index contributed by atoms with van der Waals surface area (Å²) in [4.78, 5) is 3.67. The van der Waals surface area contributed by atoms with Crippen LogP contribution in [0.3, 0.4) is 0 Å². The van der Waals surface area contributed by atoms with Crippen molar-refractivity contribution >= 4 is 15.9 Å². The van der Waals surface area contributed by atoms with Crippen LogP contribution in [0.4, 0.5) is 4.39 Å². The topological polar surface area (TPSA) is 38.9 Å². The number of nitrogens with zero attached hydrogens (tertiary/aromatic N) is 1. The first-order chi connectivity index (χ1) is 6.44. The lowest BCUT2D eigenvalue weighted by atomic mass is 10.0. The average Bonchev–Trinajstić information content (AvgIpc) is 2.58. The van der Waals surface area contributed by atoms with E-state index in [4.69, 9.17) is 5.73 Å². The van der Waals surface area contributed by atoms with Crippen LogP contribution in [0.5, 0.6) is 0 Å². The van der Waals surface area contributed by atoms with Crippen LogP contribution < -0.4 is 5.73 Å². The highest BCUT2D eigenvalue weighted by Gasteiger charge is 2.57. The Morgan fingerprint density at radius 2 is 2.14 bits per heavy atom. The monoisotopic (exact) mass is 258 g/mol. The minimum Gasteiger partial charge on any atom is -0.327 e. The molecule has 0 unspecified atom stereocenters. The van der Waals surface area contributed by atoms with Gasteiger partial charge in [0.1, 0.15) is 0 Å². The molecule has 76 valence electrons. The standard InChI is InChI=1S/C10H12BrFN2/c1-10(2)7(8(10)13)6-3-5(11)4-14-9(6)12/h3-4,7-8H,13H2,1-2H3/t7-,8-/m0/s1. The normalized spacial score (nSPS) is 28.9. The van der Waals surface area contributed by atoms with Crippen molar-refractivity contribution in [3.63, 3.8) is 0 Å². The molecular formula is C10H12BrFN2. The maximum atomic E-state index is 13.4. The second-order valence-electron chi connectivity index (χ2n) is 4.36. The lowest BCUT2D eigenvalue weighted by molar-refractivity contribution is 0.545. The molecule has 0 spiro atoms. The fraction of sp³-hybridized carbons (Fsp3) is 0.500.